The molecule has 2 heterocycles. The Morgan fingerprint density at radius 1 is 1.06 bits per heavy atom. The van der Waals surface area contributed by atoms with Crippen LogP contribution in [0.4, 0.5) is 0 Å². The van der Waals surface area contributed by atoms with Crippen LogP contribution in [0.1, 0.15) is 51.0 Å². The Hall–Kier alpha value is -3.35. The fraction of sp³-hybridized carbons (Fsp3) is 0.375. The lowest BCUT2D eigenvalue weighted by Crippen LogP contribution is -2.30. The molecule has 0 saturated heterocycles. The molecule has 0 unspecified atom stereocenters. The molecule has 2 aromatic heterocycles. The SMILES string of the molecule is CCN(CC)C(=O)c1nc(-c2ccc(OC)nc2C(C)(C)C)c(-c2ccc(O)cc2)o1. The van der Waals surface area contributed by atoms with Gasteiger partial charge in [0.1, 0.15) is 11.4 Å². The zero-order valence-electron chi connectivity index (χ0n) is 18.9. The molecule has 0 bridgehead atoms. The molecule has 7 nitrogen and oxygen atoms in total. The summed E-state index contributed by atoms with van der Waals surface area (Å²) in [6.07, 6.45) is 0. The molecular formula is C24H29N3O4. The number of phenols is 1. The minimum absolute atomic E-state index is 0.0254. The summed E-state index contributed by atoms with van der Waals surface area (Å²) in [5.41, 5.74) is 2.47. The fourth-order valence-corrected chi connectivity index (χ4v) is 3.37. The van der Waals surface area contributed by atoms with Crippen LogP contribution < -0.4 is 4.74 Å². The Morgan fingerprint density at radius 2 is 1.71 bits per heavy atom. The van der Waals surface area contributed by atoms with E-state index in [-0.39, 0.29) is 23.0 Å². The van der Waals surface area contributed by atoms with Gasteiger partial charge in [0.25, 0.3) is 5.89 Å². The number of pyridine rings is 1. The van der Waals surface area contributed by atoms with Crippen molar-refractivity contribution in [3.8, 4) is 34.2 Å². The highest BCUT2D eigenvalue weighted by Crippen LogP contribution is 2.39. The first-order chi connectivity index (χ1) is 14.7. The Morgan fingerprint density at radius 3 is 2.26 bits per heavy atom. The number of aromatic hydroxyl groups is 1. The number of nitrogens with zero attached hydrogens (tertiary/aromatic N) is 3. The molecule has 3 rings (SSSR count). The average molecular weight is 424 g/mol. The number of carbonyl (C=O) groups is 1. The average Bonchev–Trinajstić information content (AvgIpc) is 3.19. The van der Waals surface area contributed by atoms with Crippen molar-refractivity contribution in [2.24, 2.45) is 0 Å². The van der Waals surface area contributed by atoms with E-state index in [0.29, 0.717) is 36.0 Å². The van der Waals surface area contributed by atoms with Crippen LogP contribution in [0.2, 0.25) is 0 Å². The van der Waals surface area contributed by atoms with E-state index >= 15 is 0 Å². The van der Waals surface area contributed by atoms with Gasteiger partial charge in [0.05, 0.1) is 12.8 Å². The Bertz CT molecular complexity index is 1060. The molecule has 0 radical (unpaired) electrons. The monoisotopic (exact) mass is 423 g/mol. The summed E-state index contributed by atoms with van der Waals surface area (Å²) in [7, 11) is 1.58. The minimum Gasteiger partial charge on any atom is -0.508 e. The van der Waals surface area contributed by atoms with E-state index in [2.05, 4.69) is 30.7 Å². The molecular weight excluding hydrogens is 394 g/mol. The molecule has 3 aromatic rings. The molecule has 0 spiro atoms. The van der Waals surface area contributed by atoms with E-state index in [1.165, 1.54) is 0 Å². The first-order valence-corrected chi connectivity index (χ1v) is 10.3. The number of benzene rings is 1. The van der Waals surface area contributed by atoms with Crippen LogP contribution in [0.3, 0.4) is 0 Å². The first kappa shape index (κ1) is 22.3. The van der Waals surface area contributed by atoms with Gasteiger partial charge in [0, 0.05) is 35.7 Å². The van der Waals surface area contributed by atoms with Gasteiger partial charge in [-0.25, -0.2) is 9.97 Å². The van der Waals surface area contributed by atoms with Gasteiger partial charge in [0.2, 0.25) is 5.88 Å². The van der Waals surface area contributed by atoms with Gasteiger partial charge < -0.3 is 19.2 Å². The van der Waals surface area contributed by atoms with Crippen molar-refractivity contribution >= 4 is 5.91 Å². The summed E-state index contributed by atoms with van der Waals surface area (Å²) in [5, 5.41) is 9.70. The fourth-order valence-electron chi connectivity index (χ4n) is 3.37. The number of phenolic OH excluding ortho intramolecular Hbond substituents is 1. The lowest BCUT2D eigenvalue weighted by molar-refractivity contribution is 0.0734. The number of hydrogen-bond donors (Lipinski definition) is 1. The molecule has 164 valence electrons. The molecule has 0 saturated carbocycles. The number of methoxy groups -OCH3 is 1. The van der Waals surface area contributed by atoms with E-state index in [9.17, 15) is 9.90 Å². The number of rotatable bonds is 6. The van der Waals surface area contributed by atoms with Gasteiger partial charge in [-0.1, -0.05) is 20.8 Å². The van der Waals surface area contributed by atoms with Crippen molar-refractivity contribution in [1.82, 2.24) is 14.9 Å². The predicted octanol–water partition coefficient (Wildman–Crippen LogP) is 4.90. The molecule has 0 aliphatic carbocycles. The molecule has 1 N–H and O–H groups in total. The van der Waals surface area contributed by atoms with Crippen LogP contribution in [0.15, 0.2) is 40.8 Å². The van der Waals surface area contributed by atoms with Crippen molar-refractivity contribution < 1.29 is 19.1 Å². The van der Waals surface area contributed by atoms with Crippen molar-refractivity contribution in [3.63, 3.8) is 0 Å². The van der Waals surface area contributed by atoms with Crippen LogP contribution in [0, 0.1) is 0 Å². The zero-order valence-corrected chi connectivity index (χ0v) is 18.9. The van der Waals surface area contributed by atoms with E-state index in [1.807, 2.05) is 19.9 Å². The second kappa shape index (κ2) is 8.79. The number of oxazole rings is 1. The molecule has 1 amide bonds. The molecule has 0 aliphatic heterocycles. The third kappa shape index (κ3) is 4.55. The molecule has 7 heteroatoms. The van der Waals surface area contributed by atoms with Gasteiger partial charge >= 0.3 is 5.91 Å². The number of ether oxygens (including phenoxy) is 1. The zero-order chi connectivity index (χ0) is 22.8. The normalized spacial score (nSPS) is 11.4. The maximum absolute atomic E-state index is 13.0. The molecule has 0 fully saturated rings. The smallest absolute Gasteiger partial charge is 0.309 e. The maximum atomic E-state index is 13.0. The number of aromatic nitrogens is 2. The summed E-state index contributed by atoms with van der Waals surface area (Å²) < 4.78 is 11.4. The topological polar surface area (TPSA) is 88.7 Å². The third-order valence-electron chi connectivity index (χ3n) is 5.03. The van der Waals surface area contributed by atoms with Gasteiger partial charge in [0.15, 0.2) is 5.76 Å². The van der Waals surface area contributed by atoms with Crippen molar-refractivity contribution in [2.75, 3.05) is 20.2 Å². The van der Waals surface area contributed by atoms with Crippen LogP contribution in [-0.4, -0.2) is 46.1 Å². The number of hydrogen-bond acceptors (Lipinski definition) is 6. The summed E-state index contributed by atoms with van der Waals surface area (Å²) in [6, 6.07) is 10.3. The third-order valence-corrected chi connectivity index (χ3v) is 5.03. The second-order valence-electron chi connectivity index (χ2n) is 8.22. The second-order valence-corrected chi connectivity index (χ2v) is 8.22. The lowest BCUT2D eigenvalue weighted by atomic mass is 9.87. The van der Waals surface area contributed by atoms with Crippen LogP contribution in [0.25, 0.3) is 22.6 Å². The molecule has 31 heavy (non-hydrogen) atoms. The van der Waals surface area contributed by atoms with E-state index in [1.54, 1.807) is 42.3 Å². The Kier molecular flexibility index (Phi) is 6.34. The largest absolute Gasteiger partial charge is 0.508 e. The van der Waals surface area contributed by atoms with Crippen LogP contribution >= 0.6 is 0 Å². The van der Waals surface area contributed by atoms with Crippen molar-refractivity contribution in [1.29, 1.82) is 0 Å². The van der Waals surface area contributed by atoms with Gasteiger partial charge in [-0.15, -0.1) is 0 Å². The van der Waals surface area contributed by atoms with Gasteiger partial charge in [-0.3, -0.25) is 4.79 Å². The van der Waals surface area contributed by atoms with Crippen molar-refractivity contribution in [2.45, 2.75) is 40.0 Å². The minimum atomic E-state index is -0.307. The highest BCUT2D eigenvalue weighted by Gasteiger charge is 2.29. The van der Waals surface area contributed by atoms with Crippen LogP contribution in [0.5, 0.6) is 11.6 Å². The lowest BCUT2D eigenvalue weighted by Gasteiger charge is -2.21. The summed E-state index contributed by atoms with van der Waals surface area (Å²) >= 11 is 0. The summed E-state index contributed by atoms with van der Waals surface area (Å²) in [4.78, 5) is 23.9. The Balaban J connectivity index is 2.26. The standard InChI is InChI=1S/C24H29N3O4/c1-7-27(8-2)23(29)22-26-19(20(31-22)15-9-11-16(28)12-10-15)17-13-14-18(30-6)25-21(17)24(3,4)5/h9-14,28H,7-8H2,1-6H3. The predicted molar refractivity (Wildman–Crippen MR) is 119 cm³/mol. The first-order valence-electron chi connectivity index (χ1n) is 10.3. The summed E-state index contributed by atoms with van der Waals surface area (Å²) in [6.45, 7) is 11.1. The van der Waals surface area contributed by atoms with E-state index in [4.69, 9.17) is 9.15 Å². The van der Waals surface area contributed by atoms with Gasteiger partial charge in [-0.2, -0.15) is 0 Å². The van der Waals surface area contributed by atoms with E-state index in [0.717, 1.165) is 11.3 Å². The highest BCUT2D eigenvalue weighted by molar-refractivity contribution is 5.92. The molecule has 1 aromatic carbocycles. The van der Waals surface area contributed by atoms with E-state index < -0.39 is 0 Å². The quantitative estimate of drug-likeness (QED) is 0.607. The van der Waals surface area contributed by atoms with Gasteiger partial charge in [-0.05, 0) is 44.2 Å². The molecule has 0 aliphatic rings. The molecule has 0 atom stereocenters. The maximum Gasteiger partial charge on any atom is 0.309 e. The highest BCUT2D eigenvalue weighted by atomic mass is 16.5. The Labute approximate surface area is 182 Å². The number of carbonyl (C=O) groups excluding carboxylic acids is 1. The van der Waals surface area contributed by atoms with Crippen molar-refractivity contribution in [3.05, 3.63) is 48.0 Å². The number of amides is 1. The van der Waals surface area contributed by atoms with Crippen LogP contribution in [-0.2, 0) is 5.41 Å². The summed E-state index contributed by atoms with van der Waals surface area (Å²) in [5.74, 6) is 0.856.